The number of β-lactam (4-membered cyclic amide) rings is 1. The molecule has 0 aromatic heterocycles. The number of carbonyl (C=O) groups excluding carboxylic acids is 1. The van der Waals surface area contributed by atoms with E-state index in [9.17, 15) is 14.7 Å². The van der Waals surface area contributed by atoms with Gasteiger partial charge in [-0.15, -0.1) is 0 Å². The van der Waals surface area contributed by atoms with Crippen LogP contribution < -0.4 is 10.5 Å². The Hall–Kier alpha value is -2.25. The predicted octanol–water partition coefficient (Wildman–Crippen LogP) is 1.25. The molecule has 0 spiro atoms. The Balaban J connectivity index is 1.93. The molecule has 1 amide bonds. The van der Waals surface area contributed by atoms with Crippen LogP contribution >= 0.6 is 11.8 Å². The molecule has 2 atom stereocenters. The van der Waals surface area contributed by atoms with E-state index in [0.717, 1.165) is 16.2 Å². The zero-order valence-electron chi connectivity index (χ0n) is 11.7. The summed E-state index contributed by atoms with van der Waals surface area (Å²) in [6.07, 6.45) is 3.36. The second-order valence-electron chi connectivity index (χ2n) is 4.90. The van der Waals surface area contributed by atoms with Crippen LogP contribution in [0.15, 0.2) is 40.9 Å². The van der Waals surface area contributed by atoms with E-state index in [0.29, 0.717) is 0 Å². The summed E-state index contributed by atoms with van der Waals surface area (Å²) in [5, 5.41) is 8.91. The van der Waals surface area contributed by atoms with Crippen molar-refractivity contribution in [3.63, 3.8) is 0 Å². The van der Waals surface area contributed by atoms with E-state index in [1.165, 1.54) is 22.7 Å². The highest BCUT2D eigenvalue weighted by molar-refractivity contribution is 8.04. The molecule has 3 N–H and O–H groups in total. The average Bonchev–Trinajstić information content (AvgIpc) is 2.54. The summed E-state index contributed by atoms with van der Waals surface area (Å²) < 4.78 is 5.10. The quantitative estimate of drug-likeness (QED) is 0.815. The van der Waals surface area contributed by atoms with Gasteiger partial charge < -0.3 is 15.6 Å². The molecule has 1 aromatic carbocycles. The number of carboxylic acids is 1. The number of amides is 1. The summed E-state index contributed by atoms with van der Waals surface area (Å²) in [5.41, 5.74) is 6.64. The molecular formula is C15H14N2O4S. The summed E-state index contributed by atoms with van der Waals surface area (Å²) in [4.78, 5) is 25.0. The van der Waals surface area contributed by atoms with Crippen LogP contribution in [-0.4, -0.2) is 40.4 Å². The number of benzene rings is 1. The van der Waals surface area contributed by atoms with E-state index >= 15 is 0 Å². The Morgan fingerprint density at radius 3 is 2.68 bits per heavy atom. The van der Waals surface area contributed by atoms with Gasteiger partial charge in [-0.1, -0.05) is 23.9 Å². The van der Waals surface area contributed by atoms with Crippen LogP contribution in [0.4, 0.5) is 0 Å². The van der Waals surface area contributed by atoms with Crippen molar-refractivity contribution < 1.29 is 19.4 Å². The smallest absolute Gasteiger partial charge is 0.352 e. The number of methoxy groups -OCH3 is 1. The van der Waals surface area contributed by atoms with Crippen molar-refractivity contribution in [2.75, 3.05) is 7.11 Å². The summed E-state index contributed by atoms with van der Waals surface area (Å²) >= 11 is 1.39. The number of aliphatic carboxylic acids is 1. The molecule has 0 bridgehead atoms. The summed E-state index contributed by atoms with van der Waals surface area (Å²) in [6.45, 7) is 0. The van der Waals surface area contributed by atoms with Crippen LogP contribution in [0, 0.1) is 0 Å². The molecule has 1 saturated heterocycles. The van der Waals surface area contributed by atoms with E-state index in [2.05, 4.69) is 0 Å². The molecule has 2 aliphatic heterocycles. The molecule has 22 heavy (non-hydrogen) atoms. The highest BCUT2D eigenvalue weighted by Gasteiger charge is 2.51. The number of allylic oxidation sites excluding steroid dienone is 1. The van der Waals surface area contributed by atoms with Gasteiger partial charge in [-0.05, 0) is 29.8 Å². The molecule has 6 nitrogen and oxygen atoms in total. The Morgan fingerprint density at radius 1 is 1.41 bits per heavy atom. The van der Waals surface area contributed by atoms with Crippen LogP contribution in [0.2, 0.25) is 0 Å². The summed E-state index contributed by atoms with van der Waals surface area (Å²) in [6, 6.07) is 6.74. The maximum absolute atomic E-state index is 11.7. The molecule has 1 fully saturated rings. The van der Waals surface area contributed by atoms with Gasteiger partial charge in [0.05, 0.1) is 7.11 Å². The maximum Gasteiger partial charge on any atom is 0.352 e. The predicted molar refractivity (Wildman–Crippen MR) is 82.9 cm³/mol. The van der Waals surface area contributed by atoms with Crippen molar-refractivity contribution in [2.24, 2.45) is 5.73 Å². The Morgan fingerprint density at radius 2 is 2.09 bits per heavy atom. The van der Waals surface area contributed by atoms with Gasteiger partial charge in [0.2, 0.25) is 5.91 Å². The van der Waals surface area contributed by atoms with Crippen molar-refractivity contribution in [2.45, 2.75) is 11.4 Å². The molecule has 1 aromatic rings. The Kier molecular flexibility index (Phi) is 3.67. The maximum atomic E-state index is 11.7. The number of fused-ring (bicyclic) bond motifs is 1. The van der Waals surface area contributed by atoms with Crippen molar-refractivity contribution in [1.82, 2.24) is 4.90 Å². The minimum atomic E-state index is -1.13. The van der Waals surface area contributed by atoms with Crippen molar-refractivity contribution >= 4 is 29.7 Å². The Labute approximate surface area is 131 Å². The summed E-state index contributed by atoms with van der Waals surface area (Å²) in [7, 11) is 1.59. The zero-order valence-corrected chi connectivity index (χ0v) is 12.5. The first-order chi connectivity index (χ1) is 10.5. The fourth-order valence-electron chi connectivity index (χ4n) is 2.35. The number of nitrogens with zero attached hydrogens (tertiary/aromatic N) is 1. The molecule has 3 rings (SSSR count). The SMILES string of the molecule is COc1ccc(C=C2C=C(C(=O)O)N3C(=O)C(N)C3S2)cc1. The van der Waals surface area contributed by atoms with Gasteiger partial charge in [-0.25, -0.2) is 4.79 Å². The molecule has 2 unspecified atom stereocenters. The number of nitrogens with two attached hydrogens (primary N) is 1. The molecule has 2 aliphatic rings. The van der Waals surface area contributed by atoms with Crippen LogP contribution in [0.25, 0.3) is 6.08 Å². The lowest BCUT2D eigenvalue weighted by Gasteiger charge is -2.47. The molecule has 0 aliphatic carbocycles. The lowest BCUT2D eigenvalue weighted by atomic mass is 10.1. The van der Waals surface area contributed by atoms with E-state index in [1.807, 2.05) is 30.3 Å². The van der Waals surface area contributed by atoms with E-state index in [4.69, 9.17) is 10.5 Å². The van der Waals surface area contributed by atoms with E-state index < -0.39 is 12.0 Å². The second kappa shape index (κ2) is 5.51. The number of hydrogen-bond donors (Lipinski definition) is 2. The number of carboxylic acid groups (broad SMARTS) is 1. The van der Waals surface area contributed by atoms with Crippen molar-refractivity contribution in [3.05, 3.63) is 46.5 Å². The standard InChI is InChI=1S/C15H14N2O4S/c1-21-9-4-2-8(3-5-9)6-10-7-11(15(19)20)17-13(18)12(16)14(17)22-10/h2-7,12,14H,16H2,1H3,(H,19,20). The van der Waals surface area contributed by atoms with Gasteiger partial charge in [-0.2, -0.15) is 0 Å². The highest BCUT2D eigenvalue weighted by atomic mass is 32.2. The van der Waals surface area contributed by atoms with Crippen molar-refractivity contribution in [1.29, 1.82) is 0 Å². The first-order valence-corrected chi connectivity index (χ1v) is 7.45. The normalized spacial score (nSPS) is 25.4. The van der Waals surface area contributed by atoms with Crippen LogP contribution in [0.5, 0.6) is 5.75 Å². The molecule has 0 radical (unpaired) electrons. The Bertz CT molecular complexity index is 696. The zero-order chi connectivity index (χ0) is 15.9. The largest absolute Gasteiger partial charge is 0.497 e. The van der Waals surface area contributed by atoms with E-state index in [-0.39, 0.29) is 17.0 Å². The number of carbonyl (C=O) groups is 2. The van der Waals surface area contributed by atoms with Gasteiger partial charge in [0, 0.05) is 4.91 Å². The fraction of sp³-hybridized carbons (Fsp3) is 0.200. The van der Waals surface area contributed by atoms with Gasteiger partial charge in [0.1, 0.15) is 22.9 Å². The van der Waals surface area contributed by atoms with Gasteiger partial charge >= 0.3 is 5.97 Å². The fourth-order valence-corrected chi connectivity index (χ4v) is 3.60. The van der Waals surface area contributed by atoms with Gasteiger partial charge in [0.15, 0.2) is 0 Å². The molecule has 0 saturated carbocycles. The highest BCUT2D eigenvalue weighted by Crippen LogP contribution is 2.42. The lowest BCUT2D eigenvalue weighted by Crippen LogP contribution is -2.67. The molecule has 114 valence electrons. The van der Waals surface area contributed by atoms with E-state index in [1.54, 1.807) is 7.11 Å². The first kappa shape index (κ1) is 14.7. The number of rotatable bonds is 3. The molecule has 2 heterocycles. The van der Waals surface area contributed by atoms with Crippen LogP contribution in [0.1, 0.15) is 5.56 Å². The van der Waals surface area contributed by atoms with Crippen LogP contribution in [-0.2, 0) is 9.59 Å². The molecule has 7 heteroatoms. The monoisotopic (exact) mass is 318 g/mol. The first-order valence-electron chi connectivity index (χ1n) is 6.57. The molecular weight excluding hydrogens is 304 g/mol. The lowest BCUT2D eigenvalue weighted by molar-refractivity contribution is -0.147. The summed E-state index contributed by atoms with van der Waals surface area (Å²) in [5.74, 6) is -0.737. The average molecular weight is 318 g/mol. The number of hydrogen-bond acceptors (Lipinski definition) is 5. The number of thioether (sulfide) groups is 1. The van der Waals surface area contributed by atoms with Gasteiger partial charge in [0.25, 0.3) is 0 Å². The minimum absolute atomic E-state index is 0.0322. The third kappa shape index (κ3) is 2.38. The number of ether oxygens (including phenoxy) is 1. The topological polar surface area (TPSA) is 92.9 Å². The third-order valence-corrected chi connectivity index (χ3v) is 4.78. The third-order valence-electron chi connectivity index (χ3n) is 3.52. The van der Waals surface area contributed by atoms with Gasteiger partial charge in [-0.3, -0.25) is 9.69 Å². The van der Waals surface area contributed by atoms with Crippen LogP contribution in [0.3, 0.4) is 0 Å². The minimum Gasteiger partial charge on any atom is -0.497 e. The second-order valence-corrected chi connectivity index (χ2v) is 6.09. The van der Waals surface area contributed by atoms with Crippen molar-refractivity contribution in [3.8, 4) is 5.75 Å².